The van der Waals surface area contributed by atoms with E-state index in [2.05, 4.69) is 21.0 Å². The number of para-hydroxylation sites is 1. The third kappa shape index (κ3) is 4.61. The number of hydrogen-bond acceptors (Lipinski definition) is 5. The molecule has 0 saturated carbocycles. The lowest BCUT2D eigenvalue weighted by atomic mass is 9.95. The van der Waals surface area contributed by atoms with Gasteiger partial charge in [-0.1, -0.05) is 52.0 Å². The van der Waals surface area contributed by atoms with E-state index in [4.69, 9.17) is 4.74 Å². The van der Waals surface area contributed by atoms with Gasteiger partial charge in [-0.05, 0) is 36.8 Å². The predicted molar refractivity (Wildman–Crippen MR) is 135 cm³/mol. The van der Waals surface area contributed by atoms with Gasteiger partial charge in [0, 0.05) is 21.3 Å². The van der Waals surface area contributed by atoms with Crippen LogP contribution in [-0.4, -0.2) is 65.8 Å². The molecule has 36 heavy (non-hydrogen) atoms. The van der Waals surface area contributed by atoms with E-state index >= 15 is 0 Å². The van der Waals surface area contributed by atoms with Gasteiger partial charge < -0.3 is 19.6 Å². The van der Waals surface area contributed by atoms with Crippen molar-refractivity contribution in [3.63, 3.8) is 0 Å². The molecule has 5 rings (SSSR count). The van der Waals surface area contributed by atoms with Crippen LogP contribution in [0.25, 0.3) is 11.4 Å². The van der Waals surface area contributed by atoms with Crippen molar-refractivity contribution in [3.8, 4) is 5.69 Å². The topological polar surface area (TPSA) is 91.9 Å². The molecule has 3 aromatic rings. The number of halogens is 1. The summed E-state index contributed by atoms with van der Waals surface area (Å²) in [7, 11) is 0. The number of nitrogens with one attached hydrogen (secondary N) is 1. The largest absolute Gasteiger partial charge is 0.872 e. The lowest BCUT2D eigenvalue weighted by molar-refractivity contribution is -0.907. The first-order valence-electron chi connectivity index (χ1n) is 12.0. The molecule has 3 heterocycles. The standard InChI is InChI=1S/C27H27BrN4O4/c1-18-22(17-29-32(18)21-8-3-2-4-9-21)25(33)23-24(19-6-5-7-20(28)16-19)31(27(35)26(23)34)11-10-30-12-14-36-15-13-30/h2-9,16-17,24,33H,10-15H2,1H3. The third-order valence-electron chi connectivity index (χ3n) is 6.86. The molecular weight excluding hydrogens is 524 g/mol. The van der Waals surface area contributed by atoms with E-state index in [0.717, 1.165) is 28.8 Å². The van der Waals surface area contributed by atoms with Gasteiger partial charge in [-0.25, -0.2) is 4.68 Å². The Morgan fingerprint density at radius 3 is 2.61 bits per heavy atom. The summed E-state index contributed by atoms with van der Waals surface area (Å²) in [6.45, 7) is 5.91. The zero-order valence-corrected chi connectivity index (χ0v) is 21.5. The van der Waals surface area contributed by atoms with E-state index in [1.165, 1.54) is 11.1 Å². The molecule has 2 fully saturated rings. The summed E-state index contributed by atoms with van der Waals surface area (Å²) >= 11 is 3.49. The molecule has 1 amide bonds. The summed E-state index contributed by atoms with van der Waals surface area (Å²) < 4.78 is 7.92. The van der Waals surface area contributed by atoms with Gasteiger partial charge >= 0.3 is 0 Å². The van der Waals surface area contributed by atoms with E-state index in [-0.39, 0.29) is 5.57 Å². The van der Waals surface area contributed by atoms with Gasteiger partial charge in [0.05, 0.1) is 44.2 Å². The van der Waals surface area contributed by atoms with E-state index in [1.807, 2.05) is 54.6 Å². The van der Waals surface area contributed by atoms with Gasteiger partial charge in [0.1, 0.15) is 13.1 Å². The van der Waals surface area contributed by atoms with Crippen molar-refractivity contribution in [2.24, 2.45) is 0 Å². The quantitative estimate of drug-likeness (QED) is 0.282. The maximum Gasteiger partial charge on any atom is 0.295 e. The van der Waals surface area contributed by atoms with Crippen LogP contribution < -0.4 is 10.0 Å². The smallest absolute Gasteiger partial charge is 0.295 e. The highest BCUT2D eigenvalue weighted by atomic mass is 79.9. The summed E-state index contributed by atoms with van der Waals surface area (Å²) in [5.41, 5.74) is 2.44. The first-order valence-corrected chi connectivity index (χ1v) is 12.8. The molecule has 0 aliphatic carbocycles. The van der Waals surface area contributed by atoms with Crippen LogP contribution in [0.3, 0.4) is 0 Å². The zero-order chi connectivity index (χ0) is 25.2. The maximum atomic E-state index is 13.9. The fraction of sp³-hybridized carbons (Fsp3) is 0.296. The van der Waals surface area contributed by atoms with Gasteiger partial charge in [-0.3, -0.25) is 9.59 Å². The highest BCUT2D eigenvalue weighted by Gasteiger charge is 2.44. The minimum absolute atomic E-state index is 0.0224. The van der Waals surface area contributed by atoms with Crippen LogP contribution in [0.2, 0.25) is 0 Å². The Hall–Kier alpha value is -3.27. The molecule has 2 aromatic carbocycles. The number of ketones is 1. The second-order valence-corrected chi connectivity index (χ2v) is 9.95. The Labute approximate surface area is 217 Å². The van der Waals surface area contributed by atoms with Crippen molar-refractivity contribution in [3.05, 3.63) is 87.7 Å². The molecular formula is C27H27BrN4O4. The molecule has 186 valence electrons. The highest BCUT2D eigenvalue weighted by molar-refractivity contribution is 9.10. The molecule has 0 radical (unpaired) electrons. The number of benzene rings is 2. The summed E-state index contributed by atoms with van der Waals surface area (Å²) in [6.07, 6.45) is 1.48. The van der Waals surface area contributed by atoms with Crippen LogP contribution >= 0.6 is 15.9 Å². The fourth-order valence-corrected chi connectivity index (χ4v) is 5.34. The minimum Gasteiger partial charge on any atom is -0.872 e. The van der Waals surface area contributed by atoms with Crippen LogP contribution in [0.4, 0.5) is 0 Å². The first kappa shape index (κ1) is 24.4. The molecule has 1 atom stereocenters. The Balaban J connectivity index is 1.56. The van der Waals surface area contributed by atoms with Crippen LogP contribution in [0, 0.1) is 6.92 Å². The van der Waals surface area contributed by atoms with E-state index < -0.39 is 23.5 Å². The number of carbonyl (C=O) groups excluding carboxylic acids is 2. The maximum absolute atomic E-state index is 13.9. The van der Waals surface area contributed by atoms with Gasteiger partial charge in [-0.15, -0.1) is 0 Å². The van der Waals surface area contributed by atoms with Crippen molar-refractivity contribution in [2.45, 2.75) is 13.0 Å². The van der Waals surface area contributed by atoms with E-state index in [9.17, 15) is 14.7 Å². The molecule has 1 unspecified atom stereocenters. The van der Waals surface area contributed by atoms with Gasteiger partial charge in [0.2, 0.25) is 5.78 Å². The molecule has 2 aliphatic heterocycles. The van der Waals surface area contributed by atoms with Crippen LogP contribution in [0.15, 0.2) is 70.8 Å². The lowest BCUT2D eigenvalue weighted by Crippen LogP contribution is -3.14. The van der Waals surface area contributed by atoms with Gasteiger partial charge in [0.25, 0.3) is 5.91 Å². The van der Waals surface area contributed by atoms with Crippen LogP contribution in [0.1, 0.15) is 22.9 Å². The predicted octanol–water partition coefficient (Wildman–Crippen LogP) is 1.08. The average Bonchev–Trinajstić information content (AvgIpc) is 3.40. The monoisotopic (exact) mass is 550 g/mol. The number of hydrogen-bond donors (Lipinski definition) is 1. The summed E-state index contributed by atoms with van der Waals surface area (Å²) in [5, 5.41) is 18.3. The number of carbonyl (C=O) groups is 2. The molecule has 1 N–H and O–H groups in total. The van der Waals surface area contributed by atoms with Crippen LogP contribution in [0.5, 0.6) is 0 Å². The number of amides is 1. The average molecular weight is 551 g/mol. The summed E-state index contributed by atoms with van der Waals surface area (Å²) in [6, 6.07) is 16.2. The number of ether oxygens (including phenoxy) is 1. The Morgan fingerprint density at radius 1 is 1.14 bits per heavy atom. The van der Waals surface area contributed by atoms with Crippen LogP contribution in [-0.2, 0) is 14.3 Å². The highest BCUT2D eigenvalue weighted by Crippen LogP contribution is 2.39. The Morgan fingerprint density at radius 2 is 1.89 bits per heavy atom. The number of morpholine rings is 1. The molecule has 2 aliphatic rings. The zero-order valence-electron chi connectivity index (χ0n) is 19.9. The third-order valence-corrected chi connectivity index (χ3v) is 7.35. The summed E-state index contributed by atoms with van der Waals surface area (Å²) in [4.78, 5) is 29.4. The van der Waals surface area contributed by atoms with Crippen molar-refractivity contribution in [1.29, 1.82) is 0 Å². The molecule has 1 aromatic heterocycles. The minimum atomic E-state index is -0.755. The SMILES string of the molecule is Cc1c(C([O-])=C2C(=O)C(=O)N(CC[NH+]3CCOCC3)C2c2cccc(Br)c2)cnn1-c1ccccc1. The number of nitrogens with zero attached hydrogens (tertiary/aromatic N) is 3. The number of Topliss-reactive ketones (excluding diaryl/α,β-unsaturated/α-hetero) is 1. The molecule has 0 spiro atoms. The Kier molecular flexibility index (Phi) is 7.04. The van der Waals surface area contributed by atoms with E-state index in [1.54, 1.807) is 16.5 Å². The first-order chi connectivity index (χ1) is 17.5. The number of rotatable bonds is 6. The second kappa shape index (κ2) is 10.4. The van der Waals surface area contributed by atoms with Crippen molar-refractivity contribution in [1.82, 2.24) is 14.7 Å². The normalized spacial score (nSPS) is 20.3. The number of aromatic nitrogens is 2. The Bertz CT molecular complexity index is 1310. The van der Waals surface area contributed by atoms with E-state index in [0.29, 0.717) is 37.6 Å². The van der Waals surface area contributed by atoms with Crippen molar-refractivity contribution >= 4 is 33.4 Å². The van der Waals surface area contributed by atoms with Crippen molar-refractivity contribution < 1.29 is 24.3 Å². The second-order valence-electron chi connectivity index (χ2n) is 9.03. The summed E-state index contributed by atoms with van der Waals surface area (Å²) in [5.74, 6) is -1.84. The lowest BCUT2D eigenvalue weighted by Gasteiger charge is -2.30. The van der Waals surface area contributed by atoms with Crippen molar-refractivity contribution in [2.75, 3.05) is 39.4 Å². The number of likely N-dealkylation sites (tertiary alicyclic amines) is 1. The van der Waals surface area contributed by atoms with Gasteiger partial charge in [0.15, 0.2) is 0 Å². The molecule has 0 bridgehead atoms. The van der Waals surface area contributed by atoms with Gasteiger partial charge in [-0.2, -0.15) is 5.10 Å². The fourth-order valence-electron chi connectivity index (χ4n) is 4.92. The molecule has 2 saturated heterocycles. The number of quaternary nitrogens is 1. The molecule has 9 heteroatoms. The molecule has 8 nitrogen and oxygen atoms in total.